The topological polar surface area (TPSA) is 97.6 Å². The number of halogens is 1. The van der Waals surface area contributed by atoms with Crippen molar-refractivity contribution in [1.29, 1.82) is 5.26 Å². The first kappa shape index (κ1) is 15.4. The predicted molar refractivity (Wildman–Crippen MR) is 83.4 cm³/mol. The van der Waals surface area contributed by atoms with Crippen LogP contribution in [0.3, 0.4) is 0 Å². The summed E-state index contributed by atoms with van der Waals surface area (Å²) >= 11 is 0. The monoisotopic (exact) mass is 321 g/mol. The number of amides is 1. The summed E-state index contributed by atoms with van der Waals surface area (Å²) < 4.78 is 17.1. The molecule has 1 atom stereocenters. The maximum absolute atomic E-state index is 16.1. The Hall–Kier alpha value is -3.53. The predicted octanol–water partition coefficient (Wildman–Crippen LogP) is 1.97. The minimum Gasteiger partial charge on any atom is -0.366 e. The van der Waals surface area contributed by atoms with Crippen molar-refractivity contribution in [2.24, 2.45) is 5.73 Å². The molecule has 7 heteroatoms. The lowest BCUT2D eigenvalue weighted by Gasteiger charge is -2.26. The van der Waals surface area contributed by atoms with Gasteiger partial charge in [0.1, 0.15) is 12.7 Å². The summed E-state index contributed by atoms with van der Waals surface area (Å²) in [6, 6.07) is 13.9. The third-order valence-electron chi connectivity index (χ3n) is 3.68. The lowest BCUT2D eigenvalue weighted by atomic mass is 9.94. The van der Waals surface area contributed by atoms with Crippen LogP contribution < -0.4 is 5.73 Å². The number of benzene rings is 2. The van der Waals surface area contributed by atoms with E-state index in [1.165, 1.54) is 61.2 Å². The third-order valence-corrected chi connectivity index (χ3v) is 3.68. The van der Waals surface area contributed by atoms with Crippen molar-refractivity contribution >= 4 is 5.91 Å². The molecular weight excluding hydrogens is 309 g/mol. The molecule has 24 heavy (non-hydrogen) atoms. The van der Waals surface area contributed by atoms with E-state index in [0.717, 1.165) is 4.68 Å². The average Bonchev–Trinajstić information content (AvgIpc) is 3.16. The first-order valence-electron chi connectivity index (χ1n) is 7.00. The van der Waals surface area contributed by atoms with E-state index in [4.69, 9.17) is 11.0 Å². The third kappa shape index (κ3) is 2.50. The second-order valence-corrected chi connectivity index (χ2v) is 5.09. The first-order chi connectivity index (χ1) is 11.6. The van der Waals surface area contributed by atoms with E-state index in [-0.39, 0.29) is 16.7 Å². The highest BCUT2D eigenvalue weighted by atomic mass is 19.1. The quantitative estimate of drug-likeness (QED) is 0.794. The minimum absolute atomic E-state index is 0.253. The lowest BCUT2D eigenvalue weighted by Crippen LogP contribution is -2.32. The standard InChI is InChI=1S/C17H12FN5O/c18-17(23-11-21-10-22-23,14-5-1-12(9-19)2-6-14)15-7-3-13(4-8-15)16(20)24/h1-8,10-11H,(H2,20,24). The molecule has 0 bridgehead atoms. The van der Waals surface area contributed by atoms with E-state index in [0.29, 0.717) is 5.56 Å². The van der Waals surface area contributed by atoms with E-state index in [2.05, 4.69) is 10.1 Å². The molecule has 0 radical (unpaired) electrons. The zero-order valence-corrected chi connectivity index (χ0v) is 12.4. The van der Waals surface area contributed by atoms with Gasteiger partial charge in [-0.05, 0) is 24.3 Å². The SMILES string of the molecule is N#Cc1ccc(C(F)(c2ccc(C(N)=O)cc2)n2cncn2)cc1. The summed E-state index contributed by atoms with van der Waals surface area (Å²) in [5.74, 6) is -2.73. The molecule has 118 valence electrons. The Balaban J connectivity index is 2.15. The number of hydrogen-bond acceptors (Lipinski definition) is 4. The Labute approximate surface area is 137 Å². The highest BCUT2D eigenvalue weighted by Crippen LogP contribution is 2.35. The van der Waals surface area contributed by atoms with Crippen LogP contribution in [0, 0.1) is 11.3 Å². The molecule has 1 aromatic heterocycles. The van der Waals surface area contributed by atoms with Crippen LogP contribution in [0.15, 0.2) is 61.2 Å². The van der Waals surface area contributed by atoms with Crippen LogP contribution >= 0.6 is 0 Å². The fourth-order valence-electron chi connectivity index (χ4n) is 2.42. The van der Waals surface area contributed by atoms with Crippen LogP contribution in [0.1, 0.15) is 27.0 Å². The summed E-state index contributed by atoms with van der Waals surface area (Å²) in [7, 11) is 0. The van der Waals surface area contributed by atoms with Crippen molar-refractivity contribution in [3.8, 4) is 6.07 Å². The van der Waals surface area contributed by atoms with Crippen molar-refractivity contribution in [3.63, 3.8) is 0 Å². The Morgan fingerprint density at radius 2 is 1.71 bits per heavy atom. The number of rotatable bonds is 4. The van der Waals surface area contributed by atoms with Crippen molar-refractivity contribution in [2.75, 3.05) is 0 Å². The highest BCUT2D eigenvalue weighted by Gasteiger charge is 2.37. The van der Waals surface area contributed by atoms with Crippen LogP contribution in [0.4, 0.5) is 4.39 Å². The number of carbonyl (C=O) groups excluding carboxylic acids is 1. The summed E-state index contributed by atoms with van der Waals surface area (Å²) in [6.07, 6.45) is 2.50. The smallest absolute Gasteiger partial charge is 0.254 e. The largest absolute Gasteiger partial charge is 0.366 e. The van der Waals surface area contributed by atoms with Gasteiger partial charge in [0.2, 0.25) is 5.91 Å². The Bertz CT molecular complexity index is 898. The molecule has 0 aliphatic rings. The number of carbonyl (C=O) groups is 1. The van der Waals surface area contributed by atoms with E-state index in [1.54, 1.807) is 0 Å². The van der Waals surface area contributed by atoms with E-state index in [9.17, 15) is 4.79 Å². The molecule has 3 rings (SSSR count). The molecule has 2 aromatic carbocycles. The Morgan fingerprint density at radius 1 is 1.12 bits per heavy atom. The summed E-state index contributed by atoms with van der Waals surface area (Å²) in [5, 5.41) is 12.8. The molecule has 0 aliphatic heterocycles. The molecule has 0 saturated carbocycles. The maximum atomic E-state index is 16.1. The lowest BCUT2D eigenvalue weighted by molar-refractivity contribution is 0.1000. The number of primary amides is 1. The highest BCUT2D eigenvalue weighted by molar-refractivity contribution is 5.92. The molecule has 0 aliphatic carbocycles. The van der Waals surface area contributed by atoms with Crippen molar-refractivity contribution in [1.82, 2.24) is 14.8 Å². The van der Waals surface area contributed by atoms with Gasteiger partial charge in [-0.2, -0.15) is 10.4 Å². The average molecular weight is 321 g/mol. The van der Waals surface area contributed by atoms with Gasteiger partial charge in [-0.1, -0.05) is 24.3 Å². The molecule has 0 fully saturated rings. The normalized spacial score (nSPS) is 13.0. The van der Waals surface area contributed by atoms with Gasteiger partial charge < -0.3 is 5.73 Å². The van der Waals surface area contributed by atoms with Crippen LogP contribution in [0.2, 0.25) is 0 Å². The van der Waals surface area contributed by atoms with Gasteiger partial charge in [0.05, 0.1) is 11.6 Å². The van der Waals surface area contributed by atoms with Crippen molar-refractivity contribution in [3.05, 3.63) is 83.4 Å². The molecule has 0 spiro atoms. The number of nitrogens with two attached hydrogens (primary N) is 1. The molecule has 1 heterocycles. The van der Waals surface area contributed by atoms with Crippen LogP contribution in [-0.4, -0.2) is 20.7 Å². The van der Waals surface area contributed by atoms with Gasteiger partial charge >= 0.3 is 0 Å². The Kier molecular flexibility index (Phi) is 3.80. The van der Waals surface area contributed by atoms with Crippen molar-refractivity contribution < 1.29 is 9.18 Å². The zero-order valence-electron chi connectivity index (χ0n) is 12.4. The van der Waals surface area contributed by atoms with Crippen LogP contribution in [0.5, 0.6) is 0 Å². The zero-order chi connectivity index (χ0) is 17.2. The summed E-state index contributed by atoms with van der Waals surface area (Å²) in [5.41, 5.74) is 6.45. The van der Waals surface area contributed by atoms with Gasteiger partial charge in [0, 0.05) is 16.7 Å². The number of nitrogens with zero attached hydrogens (tertiary/aromatic N) is 4. The number of hydrogen-bond donors (Lipinski definition) is 1. The number of alkyl halides is 1. The number of aromatic nitrogens is 3. The van der Waals surface area contributed by atoms with E-state index < -0.39 is 11.7 Å². The van der Waals surface area contributed by atoms with Gasteiger partial charge in [0.15, 0.2) is 0 Å². The molecule has 0 saturated heterocycles. The van der Waals surface area contributed by atoms with Crippen LogP contribution in [-0.2, 0) is 5.79 Å². The van der Waals surface area contributed by atoms with E-state index >= 15 is 4.39 Å². The van der Waals surface area contributed by atoms with Gasteiger partial charge in [-0.15, -0.1) is 0 Å². The molecular formula is C17H12FN5O. The van der Waals surface area contributed by atoms with Gasteiger partial charge in [0.25, 0.3) is 5.79 Å². The Morgan fingerprint density at radius 3 is 2.17 bits per heavy atom. The summed E-state index contributed by atoms with van der Waals surface area (Å²) in [4.78, 5) is 15.0. The van der Waals surface area contributed by atoms with Gasteiger partial charge in [-0.3, -0.25) is 4.79 Å². The van der Waals surface area contributed by atoms with Gasteiger partial charge in [-0.25, -0.2) is 14.1 Å². The molecule has 2 N–H and O–H groups in total. The van der Waals surface area contributed by atoms with Crippen LogP contribution in [0.25, 0.3) is 0 Å². The molecule has 1 amide bonds. The number of nitriles is 1. The summed E-state index contributed by atoms with van der Waals surface area (Å²) in [6.45, 7) is 0. The second kappa shape index (κ2) is 5.93. The fourth-order valence-corrected chi connectivity index (χ4v) is 2.42. The second-order valence-electron chi connectivity index (χ2n) is 5.09. The maximum Gasteiger partial charge on any atom is 0.254 e. The minimum atomic E-state index is -2.14. The molecule has 6 nitrogen and oxygen atoms in total. The molecule has 1 unspecified atom stereocenters. The van der Waals surface area contributed by atoms with Crippen molar-refractivity contribution in [2.45, 2.75) is 5.79 Å². The van der Waals surface area contributed by atoms with E-state index in [1.807, 2.05) is 6.07 Å². The fraction of sp³-hybridized carbons (Fsp3) is 0.0588. The first-order valence-corrected chi connectivity index (χ1v) is 7.00. The molecule has 3 aromatic rings.